The second-order valence-electron chi connectivity index (χ2n) is 9.07. The van der Waals surface area contributed by atoms with Crippen molar-refractivity contribution in [3.63, 3.8) is 0 Å². The summed E-state index contributed by atoms with van der Waals surface area (Å²) < 4.78 is 14.3. The quantitative estimate of drug-likeness (QED) is 0.765. The number of carboxylic acid groups (broad SMARTS) is 1. The first-order valence-electron chi connectivity index (χ1n) is 8.89. The molecule has 0 amide bonds. The van der Waals surface area contributed by atoms with E-state index in [2.05, 4.69) is 4.98 Å². The predicted octanol–water partition coefficient (Wildman–Crippen LogP) is 1.86. The Morgan fingerprint density at radius 3 is 2.15 bits per heavy atom. The van der Waals surface area contributed by atoms with Crippen LogP contribution in [0.3, 0.4) is 0 Å². The van der Waals surface area contributed by atoms with Crippen molar-refractivity contribution in [3.05, 3.63) is 22.2 Å². The Kier molecular flexibility index (Phi) is 4.13. The molecule has 0 spiro atoms. The number of nitrogens with zero attached hydrogens (tertiary/aromatic N) is 3. The maximum Gasteiger partial charge on any atom is 0.496 e. The van der Waals surface area contributed by atoms with Crippen molar-refractivity contribution in [1.29, 1.82) is 0 Å². The van der Waals surface area contributed by atoms with Crippen molar-refractivity contribution in [1.82, 2.24) is 14.1 Å². The minimum Gasteiger partial charge on any atom is -0.464 e. The third-order valence-electron chi connectivity index (χ3n) is 5.47. The number of fused-ring (bicyclic) bond motifs is 1. The highest BCUT2D eigenvalue weighted by atomic mass is 16.7. The standard InChI is InChI=1S/C18H26BN3O5/c1-16(2,3)12-10(19-26-17(4,5)18(6,7)27-19)9-11-13(20-12)22(15(24)25)14(23)21(11)8/h9H,1-8H3,(H,24,25). The lowest BCUT2D eigenvalue weighted by Crippen LogP contribution is -2.41. The fraction of sp³-hybridized carbons (Fsp3) is 0.611. The summed E-state index contributed by atoms with van der Waals surface area (Å²) in [6.07, 6.45) is -1.36. The minimum atomic E-state index is -1.36. The first-order chi connectivity index (χ1) is 12.2. The normalized spacial score (nSPS) is 19.0. The molecule has 3 rings (SSSR count). The van der Waals surface area contributed by atoms with Crippen LogP contribution in [0.5, 0.6) is 0 Å². The average Bonchev–Trinajstić information content (AvgIpc) is 2.87. The van der Waals surface area contributed by atoms with E-state index in [4.69, 9.17) is 9.31 Å². The zero-order chi connectivity index (χ0) is 20.5. The average molecular weight is 375 g/mol. The summed E-state index contributed by atoms with van der Waals surface area (Å²) in [4.78, 5) is 28.5. The Hall–Kier alpha value is -2.13. The van der Waals surface area contributed by atoms with E-state index in [9.17, 15) is 14.7 Å². The van der Waals surface area contributed by atoms with E-state index >= 15 is 0 Å². The predicted molar refractivity (Wildman–Crippen MR) is 103 cm³/mol. The zero-order valence-electron chi connectivity index (χ0n) is 17.1. The minimum absolute atomic E-state index is 0.111. The van der Waals surface area contributed by atoms with Crippen LogP contribution < -0.4 is 11.2 Å². The van der Waals surface area contributed by atoms with E-state index in [1.807, 2.05) is 48.5 Å². The summed E-state index contributed by atoms with van der Waals surface area (Å²) in [5, 5.41) is 9.45. The summed E-state index contributed by atoms with van der Waals surface area (Å²) in [7, 11) is 0.862. The highest BCUT2D eigenvalue weighted by molar-refractivity contribution is 6.62. The molecule has 3 heterocycles. The summed E-state index contributed by atoms with van der Waals surface area (Å²) >= 11 is 0. The molecule has 1 N–H and O–H groups in total. The molecule has 1 saturated heterocycles. The Morgan fingerprint density at radius 1 is 1.19 bits per heavy atom. The van der Waals surface area contributed by atoms with E-state index in [0.717, 1.165) is 0 Å². The van der Waals surface area contributed by atoms with Gasteiger partial charge in [0.25, 0.3) is 0 Å². The molecular weight excluding hydrogens is 349 g/mol. The van der Waals surface area contributed by atoms with Crippen molar-refractivity contribution < 1.29 is 19.2 Å². The maximum atomic E-state index is 12.4. The molecule has 0 aliphatic carbocycles. The number of hydrogen-bond donors (Lipinski definition) is 1. The molecule has 8 nitrogen and oxygen atoms in total. The molecule has 1 aliphatic rings. The lowest BCUT2D eigenvalue weighted by atomic mass is 9.72. The summed E-state index contributed by atoms with van der Waals surface area (Å²) in [6.45, 7) is 13.8. The van der Waals surface area contributed by atoms with E-state index < -0.39 is 35.5 Å². The monoisotopic (exact) mass is 375 g/mol. The largest absolute Gasteiger partial charge is 0.496 e. The van der Waals surface area contributed by atoms with Gasteiger partial charge in [0.1, 0.15) is 0 Å². The van der Waals surface area contributed by atoms with Gasteiger partial charge >= 0.3 is 18.9 Å². The SMILES string of the molecule is Cn1c(=O)n(C(=O)O)c2nc(C(C)(C)C)c(B3OC(C)(C)C(C)(C)O3)cc21. The zero-order valence-corrected chi connectivity index (χ0v) is 17.1. The van der Waals surface area contributed by atoms with Crippen LogP contribution in [0.1, 0.15) is 54.2 Å². The maximum absolute atomic E-state index is 12.4. The van der Waals surface area contributed by atoms with Gasteiger partial charge in [-0.15, -0.1) is 0 Å². The van der Waals surface area contributed by atoms with Crippen LogP contribution in [0.25, 0.3) is 11.2 Å². The summed E-state index contributed by atoms with van der Waals surface area (Å²) in [5.74, 6) is 0. The molecule has 0 saturated carbocycles. The van der Waals surface area contributed by atoms with Crippen LogP contribution in [-0.2, 0) is 21.8 Å². The van der Waals surface area contributed by atoms with E-state index in [1.165, 1.54) is 11.6 Å². The Bertz CT molecular complexity index is 981. The van der Waals surface area contributed by atoms with Gasteiger partial charge in [-0.3, -0.25) is 4.57 Å². The molecule has 2 aromatic rings. The van der Waals surface area contributed by atoms with Gasteiger partial charge in [0.2, 0.25) is 0 Å². The molecular formula is C18H26BN3O5. The fourth-order valence-electron chi connectivity index (χ4n) is 3.19. The topological polar surface area (TPSA) is 95.6 Å². The molecule has 0 radical (unpaired) electrons. The number of hydrogen-bond acceptors (Lipinski definition) is 5. The molecule has 0 unspecified atom stereocenters. The second kappa shape index (κ2) is 5.69. The fourth-order valence-corrected chi connectivity index (χ4v) is 3.19. The van der Waals surface area contributed by atoms with Gasteiger partial charge < -0.3 is 14.4 Å². The number of aromatic nitrogens is 3. The highest BCUT2D eigenvalue weighted by Crippen LogP contribution is 2.37. The number of rotatable bonds is 1. The van der Waals surface area contributed by atoms with Crippen molar-refractivity contribution in [2.45, 2.75) is 65.1 Å². The third kappa shape index (κ3) is 2.89. The molecule has 1 fully saturated rings. The number of pyridine rings is 1. The van der Waals surface area contributed by atoms with Crippen LogP contribution in [0.15, 0.2) is 10.9 Å². The number of aryl methyl sites for hydroxylation is 1. The van der Waals surface area contributed by atoms with Crippen LogP contribution in [0, 0.1) is 0 Å². The molecule has 2 aromatic heterocycles. The van der Waals surface area contributed by atoms with Gasteiger partial charge in [0.05, 0.1) is 16.7 Å². The second-order valence-corrected chi connectivity index (χ2v) is 9.07. The molecule has 0 aromatic carbocycles. The van der Waals surface area contributed by atoms with Gasteiger partial charge in [-0.05, 0) is 33.8 Å². The number of imidazole rings is 1. The van der Waals surface area contributed by atoms with Crippen LogP contribution in [0.4, 0.5) is 4.79 Å². The first kappa shape index (κ1) is 19.6. The molecule has 9 heteroatoms. The van der Waals surface area contributed by atoms with Crippen LogP contribution >= 0.6 is 0 Å². The summed E-state index contributed by atoms with van der Waals surface area (Å²) in [5.41, 5.74) is -0.263. The molecule has 0 atom stereocenters. The van der Waals surface area contributed by atoms with Gasteiger partial charge in [0.15, 0.2) is 5.65 Å². The summed E-state index contributed by atoms with van der Waals surface area (Å²) in [6, 6.07) is 1.76. The van der Waals surface area contributed by atoms with Gasteiger partial charge in [-0.25, -0.2) is 14.6 Å². The van der Waals surface area contributed by atoms with Crippen LogP contribution in [-0.4, -0.2) is 43.6 Å². The van der Waals surface area contributed by atoms with Crippen molar-refractivity contribution >= 4 is 29.8 Å². The highest BCUT2D eigenvalue weighted by Gasteiger charge is 2.53. The van der Waals surface area contributed by atoms with E-state index in [1.54, 1.807) is 6.07 Å². The van der Waals surface area contributed by atoms with Crippen molar-refractivity contribution in [2.24, 2.45) is 7.05 Å². The Labute approximate surface area is 158 Å². The van der Waals surface area contributed by atoms with Crippen molar-refractivity contribution in [2.75, 3.05) is 0 Å². The molecule has 0 bridgehead atoms. The van der Waals surface area contributed by atoms with Crippen LogP contribution in [0.2, 0.25) is 0 Å². The lowest BCUT2D eigenvalue weighted by molar-refractivity contribution is 0.00578. The lowest BCUT2D eigenvalue weighted by Gasteiger charge is -2.32. The van der Waals surface area contributed by atoms with Gasteiger partial charge in [0, 0.05) is 23.6 Å². The van der Waals surface area contributed by atoms with Gasteiger partial charge in [-0.1, -0.05) is 20.8 Å². The van der Waals surface area contributed by atoms with Crippen molar-refractivity contribution in [3.8, 4) is 0 Å². The Morgan fingerprint density at radius 2 is 1.70 bits per heavy atom. The van der Waals surface area contributed by atoms with E-state index in [0.29, 0.717) is 21.2 Å². The molecule has 27 heavy (non-hydrogen) atoms. The van der Waals surface area contributed by atoms with Gasteiger partial charge in [-0.2, -0.15) is 4.57 Å². The van der Waals surface area contributed by atoms with E-state index in [-0.39, 0.29) is 5.65 Å². The molecule has 146 valence electrons. The number of carbonyl (C=O) groups is 1. The third-order valence-corrected chi connectivity index (χ3v) is 5.47. The molecule has 1 aliphatic heterocycles. The smallest absolute Gasteiger partial charge is 0.464 e. The first-order valence-corrected chi connectivity index (χ1v) is 8.89. The Balaban J connectivity index is 2.32.